The molecule has 0 amide bonds. The number of hydrogen-bond donors (Lipinski definition) is 1. The average molecular weight is 569 g/mol. The van der Waals surface area contributed by atoms with Gasteiger partial charge in [0, 0.05) is 65.1 Å². The minimum absolute atomic E-state index is 0. The normalized spacial score (nSPS) is 20.1. The van der Waals surface area contributed by atoms with E-state index in [0.29, 0.717) is 39.3 Å². The number of anilines is 1. The first-order valence-electron chi connectivity index (χ1n) is 11.0. The van der Waals surface area contributed by atoms with E-state index >= 15 is 0 Å². The van der Waals surface area contributed by atoms with E-state index in [2.05, 4.69) is 33.2 Å². The van der Waals surface area contributed by atoms with Gasteiger partial charge in [-0.1, -0.05) is 0 Å². The molecule has 0 aliphatic carbocycles. The molecule has 0 saturated carbocycles. The maximum Gasteiger partial charge on any atom is 0.403 e. The Bertz CT molecular complexity index is 730. The van der Waals surface area contributed by atoms with Gasteiger partial charge in [-0.3, -0.25) is 4.90 Å². The van der Waals surface area contributed by atoms with E-state index in [0.717, 1.165) is 43.5 Å². The molecule has 0 aromatic carbocycles. The highest BCUT2D eigenvalue weighted by atomic mass is 127. The van der Waals surface area contributed by atoms with Crippen molar-refractivity contribution in [3.63, 3.8) is 0 Å². The number of halogens is 4. The summed E-state index contributed by atoms with van der Waals surface area (Å²) in [6.07, 6.45) is -2.37. The summed E-state index contributed by atoms with van der Waals surface area (Å²) in [7, 11) is 2.13. The summed E-state index contributed by atoms with van der Waals surface area (Å²) < 4.78 is 39.0. The van der Waals surface area contributed by atoms with Crippen LogP contribution in [-0.4, -0.2) is 104 Å². The van der Waals surface area contributed by atoms with E-state index < -0.39 is 12.2 Å². The molecule has 182 valence electrons. The van der Waals surface area contributed by atoms with Crippen molar-refractivity contribution in [1.29, 1.82) is 0 Å². The van der Waals surface area contributed by atoms with Gasteiger partial charge < -0.3 is 20.0 Å². The van der Waals surface area contributed by atoms with Crippen LogP contribution in [0.1, 0.15) is 19.4 Å². The number of nitrogens with one attached hydrogen (secondary N) is 1. The zero-order chi connectivity index (χ0) is 22.4. The van der Waals surface area contributed by atoms with Crippen molar-refractivity contribution in [3.8, 4) is 0 Å². The van der Waals surface area contributed by atoms with Crippen LogP contribution in [0.4, 0.5) is 19.0 Å². The van der Waals surface area contributed by atoms with E-state index in [1.807, 2.05) is 24.1 Å². The highest BCUT2D eigenvalue weighted by Gasteiger charge is 2.41. The Morgan fingerprint density at radius 3 is 2.38 bits per heavy atom. The lowest BCUT2D eigenvalue weighted by Crippen LogP contribution is -2.56. The number of rotatable bonds is 5. The summed E-state index contributed by atoms with van der Waals surface area (Å²) in [5.74, 6) is 1.72. The van der Waals surface area contributed by atoms with Crippen molar-refractivity contribution < 1.29 is 13.2 Å². The molecule has 2 aliphatic rings. The van der Waals surface area contributed by atoms with Gasteiger partial charge in [0.25, 0.3) is 0 Å². The number of aromatic nitrogens is 1. The van der Waals surface area contributed by atoms with Gasteiger partial charge in [0.1, 0.15) is 11.9 Å². The van der Waals surface area contributed by atoms with Crippen molar-refractivity contribution >= 4 is 35.8 Å². The molecule has 3 rings (SSSR count). The fraction of sp³-hybridized carbons (Fsp3) is 0.714. The lowest BCUT2D eigenvalue weighted by Gasteiger charge is -2.39. The third kappa shape index (κ3) is 7.34. The van der Waals surface area contributed by atoms with E-state index in [4.69, 9.17) is 4.99 Å². The minimum Gasteiger partial charge on any atom is -0.357 e. The number of likely N-dealkylation sites (N-methyl/N-ethyl adjacent to an activating group) is 1. The molecule has 0 bridgehead atoms. The second kappa shape index (κ2) is 12.2. The molecule has 1 aromatic rings. The van der Waals surface area contributed by atoms with Gasteiger partial charge in [-0.2, -0.15) is 13.2 Å². The Morgan fingerprint density at radius 2 is 1.78 bits per heavy atom. The van der Waals surface area contributed by atoms with Crippen LogP contribution in [-0.2, 0) is 6.54 Å². The van der Waals surface area contributed by atoms with Crippen LogP contribution < -0.4 is 10.2 Å². The van der Waals surface area contributed by atoms with Crippen LogP contribution in [0, 0.1) is 0 Å². The topological polar surface area (TPSA) is 50.2 Å². The lowest BCUT2D eigenvalue weighted by atomic mass is 10.2. The van der Waals surface area contributed by atoms with Crippen molar-refractivity contribution in [2.75, 3.05) is 70.9 Å². The highest BCUT2D eigenvalue weighted by molar-refractivity contribution is 14.0. The minimum atomic E-state index is -4.19. The molecule has 2 saturated heterocycles. The quantitative estimate of drug-likeness (QED) is 0.334. The summed E-state index contributed by atoms with van der Waals surface area (Å²) in [4.78, 5) is 17.4. The summed E-state index contributed by atoms with van der Waals surface area (Å²) in [6, 6.07) is 2.63. The second-order valence-corrected chi connectivity index (χ2v) is 8.22. The number of piperazine rings is 2. The van der Waals surface area contributed by atoms with Crippen molar-refractivity contribution in [3.05, 3.63) is 23.9 Å². The number of nitrogens with zero attached hydrogens (tertiary/aromatic N) is 6. The van der Waals surface area contributed by atoms with Crippen LogP contribution in [0.3, 0.4) is 0 Å². The van der Waals surface area contributed by atoms with Gasteiger partial charge in [0.2, 0.25) is 0 Å². The summed E-state index contributed by atoms with van der Waals surface area (Å²) in [6.45, 7) is 10.2. The zero-order valence-corrected chi connectivity index (χ0v) is 21.4. The first-order valence-corrected chi connectivity index (χ1v) is 11.0. The Hall–Kier alpha value is -1.34. The molecule has 32 heavy (non-hydrogen) atoms. The highest BCUT2D eigenvalue weighted by Crippen LogP contribution is 2.25. The average Bonchev–Trinajstić information content (AvgIpc) is 2.76. The monoisotopic (exact) mass is 569 g/mol. The van der Waals surface area contributed by atoms with Gasteiger partial charge in [-0.05, 0) is 38.6 Å². The van der Waals surface area contributed by atoms with Crippen LogP contribution >= 0.6 is 24.0 Å². The molecule has 1 N–H and O–H groups in total. The number of hydrogen-bond acceptors (Lipinski definition) is 5. The first kappa shape index (κ1) is 26.9. The van der Waals surface area contributed by atoms with E-state index in [1.165, 1.54) is 11.8 Å². The molecule has 2 aliphatic heterocycles. The number of guanidine groups is 1. The molecular weight excluding hydrogens is 534 g/mol. The SMILES string of the molecule is CCNC(=NCc1ccnc(N2CCN(C)CC2)c1)N1CCN(C(C)C(F)(F)F)CC1.I. The molecule has 7 nitrogen and oxygen atoms in total. The third-order valence-corrected chi connectivity index (χ3v) is 6.02. The number of aliphatic imine (C=N–C) groups is 1. The van der Waals surface area contributed by atoms with Gasteiger partial charge in [0.05, 0.1) is 6.54 Å². The van der Waals surface area contributed by atoms with Crippen molar-refractivity contribution in [1.82, 2.24) is 25.0 Å². The van der Waals surface area contributed by atoms with Crippen molar-refractivity contribution in [2.45, 2.75) is 32.6 Å². The summed E-state index contributed by atoms with van der Waals surface area (Å²) in [5.41, 5.74) is 1.07. The molecular formula is C21H35F3IN7. The molecule has 0 spiro atoms. The predicted molar refractivity (Wildman–Crippen MR) is 133 cm³/mol. The fourth-order valence-electron chi connectivity index (χ4n) is 3.89. The Balaban J connectivity index is 0.00000363. The second-order valence-electron chi connectivity index (χ2n) is 8.22. The van der Waals surface area contributed by atoms with Crippen LogP contribution in [0.25, 0.3) is 0 Å². The summed E-state index contributed by atoms with van der Waals surface area (Å²) >= 11 is 0. The Kier molecular flexibility index (Phi) is 10.3. The standard InChI is InChI=1S/C21H34F3N7.HI/c1-4-25-20(31-13-11-29(12-14-31)17(2)21(22,23)24)27-16-18-5-6-26-19(15-18)30-9-7-28(3)8-10-30;/h5-6,15,17H,4,7-14,16H2,1-3H3,(H,25,27);1H. The van der Waals surface area contributed by atoms with E-state index in [-0.39, 0.29) is 24.0 Å². The summed E-state index contributed by atoms with van der Waals surface area (Å²) in [5, 5.41) is 3.28. The smallest absolute Gasteiger partial charge is 0.357 e. The van der Waals surface area contributed by atoms with Gasteiger partial charge in [-0.25, -0.2) is 9.98 Å². The Labute approximate surface area is 206 Å². The first-order chi connectivity index (χ1) is 14.8. The maximum atomic E-state index is 13.0. The van der Waals surface area contributed by atoms with Gasteiger partial charge in [0.15, 0.2) is 5.96 Å². The number of pyridine rings is 1. The largest absolute Gasteiger partial charge is 0.403 e. The predicted octanol–water partition coefficient (Wildman–Crippen LogP) is 2.49. The van der Waals surface area contributed by atoms with Gasteiger partial charge in [-0.15, -0.1) is 24.0 Å². The zero-order valence-electron chi connectivity index (χ0n) is 19.1. The molecule has 2 fully saturated rings. The molecule has 0 radical (unpaired) electrons. The van der Waals surface area contributed by atoms with Crippen LogP contribution in [0.2, 0.25) is 0 Å². The van der Waals surface area contributed by atoms with Gasteiger partial charge >= 0.3 is 6.18 Å². The lowest BCUT2D eigenvalue weighted by molar-refractivity contribution is -0.181. The van der Waals surface area contributed by atoms with E-state index in [1.54, 1.807) is 0 Å². The van der Waals surface area contributed by atoms with Crippen LogP contribution in [0.5, 0.6) is 0 Å². The fourth-order valence-corrected chi connectivity index (χ4v) is 3.89. The number of alkyl halides is 3. The van der Waals surface area contributed by atoms with Crippen LogP contribution in [0.15, 0.2) is 23.3 Å². The third-order valence-electron chi connectivity index (χ3n) is 6.02. The van der Waals surface area contributed by atoms with Crippen molar-refractivity contribution in [2.24, 2.45) is 4.99 Å². The molecule has 1 atom stereocenters. The molecule has 1 unspecified atom stereocenters. The Morgan fingerprint density at radius 1 is 1.12 bits per heavy atom. The molecule has 11 heteroatoms. The molecule has 1 aromatic heterocycles. The van der Waals surface area contributed by atoms with E-state index in [9.17, 15) is 13.2 Å². The molecule has 3 heterocycles. The maximum absolute atomic E-state index is 13.0.